The van der Waals surface area contributed by atoms with Crippen molar-refractivity contribution in [3.8, 4) is 0 Å². The van der Waals surface area contributed by atoms with Gasteiger partial charge in [0.05, 0.1) is 12.3 Å². The lowest BCUT2D eigenvalue weighted by molar-refractivity contribution is -0.402. The quantitative estimate of drug-likeness (QED) is 0.299. The van der Waals surface area contributed by atoms with Gasteiger partial charge in [-0.05, 0) is 69.2 Å². The minimum Gasteiger partial charge on any atom is -0.400 e. The number of benzene rings is 2. The van der Waals surface area contributed by atoms with E-state index in [1.54, 1.807) is 0 Å². The molecule has 10 heteroatoms. The number of nitrogens with zero attached hydrogens (tertiary/aromatic N) is 4. The molecule has 3 N–H and O–H groups in total. The van der Waals surface area contributed by atoms with Gasteiger partial charge in [-0.1, -0.05) is 36.4 Å². The average Bonchev–Trinajstić information content (AvgIpc) is 3.24. The molecule has 3 aromatic rings. The maximum Gasteiger partial charge on any atom is 0.433 e. The first-order valence-corrected chi connectivity index (χ1v) is 11.3. The number of nitro groups is 1. The van der Waals surface area contributed by atoms with Crippen LogP contribution in [-0.2, 0) is 12.8 Å². The zero-order chi connectivity index (χ0) is 25.2. The molecule has 1 aliphatic heterocycles. The number of nitrogens with one attached hydrogen (secondary N) is 1. The van der Waals surface area contributed by atoms with Crippen molar-refractivity contribution < 1.29 is 14.1 Å². The van der Waals surface area contributed by atoms with Gasteiger partial charge in [0.25, 0.3) is 0 Å². The molecule has 0 bridgehead atoms. The van der Waals surface area contributed by atoms with Crippen LogP contribution in [0.15, 0.2) is 70.2 Å². The Morgan fingerprint density at radius 1 is 1.11 bits per heavy atom. The SMILES string of the molecule is CN(C)CCCN1c2ccccc2CCc2ccccc21.NC(=O)N/N=C/c1ccc([N+](=O)[O-])o1. The average molecular weight is 479 g/mol. The second-order valence-corrected chi connectivity index (χ2v) is 8.23. The third kappa shape index (κ3) is 7.41. The first-order chi connectivity index (χ1) is 16.8. The molecule has 0 unspecified atom stereocenters. The summed E-state index contributed by atoms with van der Waals surface area (Å²) in [6.45, 7) is 2.20. The minimum atomic E-state index is -0.831. The molecule has 0 spiro atoms. The van der Waals surface area contributed by atoms with Crippen molar-refractivity contribution in [1.29, 1.82) is 0 Å². The molecule has 0 fully saturated rings. The Kier molecular flexibility index (Phi) is 8.96. The largest absolute Gasteiger partial charge is 0.433 e. The van der Waals surface area contributed by atoms with Gasteiger partial charge < -0.3 is 20.0 Å². The molecule has 35 heavy (non-hydrogen) atoms. The van der Waals surface area contributed by atoms with Crippen LogP contribution in [-0.4, -0.2) is 49.3 Å². The Morgan fingerprint density at radius 3 is 2.23 bits per heavy atom. The molecule has 184 valence electrons. The summed E-state index contributed by atoms with van der Waals surface area (Å²) in [5.74, 6) is -0.254. The number of urea groups is 1. The summed E-state index contributed by atoms with van der Waals surface area (Å²) < 4.78 is 4.69. The van der Waals surface area contributed by atoms with Crippen molar-refractivity contribution >= 4 is 29.5 Å². The zero-order valence-electron chi connectivity index (χ0n) is 19.9. The third-order valence-corrected chi connectivity index (χ3v) is 5.37. The van der Waals surface area contributed by atoms with Crippen LogP contribution in [0.3, 0.4) is 0 Å². The fourth-order valence-electron chi connectivity index (χ4n) is 3.83. The molecule has 2 heterocycles. The molecular weight excluding hydrogens is 448 g/mol. The lowest BCUT2D eigenvalue weighted by atomic mass is 10.0. The Balaban J connectivity index is 0.000000214. The number of carbonyl (C=O) groups excluding carboxylic acids is 1. The summed E-state index contributed by atoms with van der Waals surface area (Å²) in [7, 11) is 4.29. The lowest BCUT2D eigenvalue weighted by Crippen LogP contribution is -2.24. The predicted octanol–water partition coefficient (Wildman–Crippen LogP) is 4.07. The molecule has 1 aliphatic rings. The number of amides is 2. The normalized spacial score (nSPS) is 12.4. The topological polar surface area (TPSA) is 130 Å². The molecule has 4 rings (SSSR count). The number of hydrogen-bond donors (Lipinski definition) is 2. The van der Waals surface area contributed by atoms with Gasteiger partial charge in [-0.15, -0.1) is 0 Å². The number of aryl methyl sites for hydroxylation is 2. The molecule has 0 atom stereocenters. The van der Waals surface area contributed by atoms with E-state index >= 15 is 0 Å². The van der Waals surface area contributed by atoms with E-state index in [4.69, 9.17) is 5.73 Å². The highest BCUT2D eigenvalue weighted by Gasteiger charge is 2.19. The van der Waals surface area contributed by atoms with E-state index in [1.165, 1.54) is 41.1 Å². The van der Waals surface area contributed by atoms with Crippen molar-refractivity contribution in [2.75, 3.05) is 32.1 Å². The Morgan fingerprint density at radius 2 is 1.71 bits per heavy atom. The van der Waals surface area contributed by atoms with E-state index in [0.717, 1.165) is 32.1 Å². The summed E-state index contributed by atoms with van der Waals surface area (Å²) in [5, 5.41) is 13.5. The van der Waals surface area contributed by atoms with Crippen molar-refractivity contribution in [1.82, 2.24) is 10.3 Å². The Labute approximate surface area is 204 Å². The van der Waals surface area contributed by atoms with Crippen LogP contribution in [0.2, 0.25) is 0 Å². The summed E-state index contributed by atoms with van der Waals surface area (Å²) in [6.07, 6.45) is 4.54. The highest BCUT2D eigenvalue weighted by Crippen LogP contribution is 2.35. The first kappa shape index (κ1) is 25.4. The first-order valence-electron chi connectivity index (χ1n) is 11.3. The maximum absolute atomic E-state index is 10.2. The van der Waals surface area contributed by atoms with Gasteiger partial charge in [-0.2, -0.15) is 5.10 Å². The Hall–Kier alpha value is -4.18. The van der Waals surface area contributed by atoms with E-state index in [-0.39, 0.29) is 5.76 Å². The summed E-state index contributed by atoms with van der Waals surface area (Å²) >= 11 is 0. The summed E-state index contributed by atoms with van der Waals surface area (Å²) in [4.78, 5) is 24.4. The van der Waals surface area contributed by atoms with Crippen molar-refractivity contribution in [3.05, 3.63) is 87.7 Å². The number of hydrazone groups is 1. The molecular formula is C25H30N6O4. The highest BCUT2D eigenvalue weighted by atomic mass is 16.6. The number of fused-ring (bicyclic) bond motifs is 2. The highest BCUT2D eigenvalue weighted by molar-refractivity contribution is 5.79. The number of nitrogens with two attached hydrogens (primary N) is 1. The van der Waals surface area contributed by atoms with E-state index < -0.39 is 16.8 Å². The van der Waals surface area contributed by atoms with Crippen LogP contribution in [0.4, 0.5) is 22.1 Å². The number of carbonyl (C=O) groups is 1. The number of anilines is 2. The van der Waals surface area contributed by atoms with Crippen molar-refractivity contribution in [3.63, 3.8) is 0 Å². The van der Waals surface area contributed by atoms with Gasteiger partial charge >= 0.3 is 11.9 Å². The van der Waals surface area contributed by atoms with Gasteiger partial charge in [-0.25, -0.2) is 10.2 Å². The van der Waals surface area contributed by atoms with Crippen LogP contribution < -0.4 is 16.1 Å². The van der Waals surface area contributed by atoms with Gasteiger partial charge in [0.1, 0.15) is 4.92 Å². The van der Waals surface area contributed by atoms with Gasteiger partial charge in [0.2, 0.25) is 0 Å². The van der Waals surface area contributed by atoms with Gasteiger partial charge in [-0.3, -0.25) is 10.1 Å². The monoisotopic (exact) mass is 478 g/mol. The zero-order valence-corrected chi connectivity index (χ0v) is 19.9. The van der Waals surface area contributed by atoms with Crippen molar-refractivity contribution in [2.45, 2.75) is 19.3 Å². The summed E-state index contributed by atoms with van der Waals surface area (Å²) in [5.41, 5.74) is 12.3. The van der Waals surface area contributed by atoms with E-state index in [2.05, 4.69) is 81.9 Å². The van der Waals surface area contributed by atoms with E-state index in [0.29, 0.717) is 0 Å². The summed E-state index contributed by atoms with van der Waals surface area (Å²) in [6, 6.07) is 19.4. The number of para-hydroxylation sites is 2. The van der Waals surface area contributed by atoms with Crippen LogP contribution >= 0.6 is 0 Å². The molecule has 0 saturated carbocycles. The van der Waals surface area contributed by atoms with Crippen LogP contribution in [0.25, 0.3) is 0 Å². The number of furan rings is 1. The molecule has 2 amide bonds. The van der Waals surface area contributed by atoms with Crippen LogP contribution in [0.5, 0.6) is 0 Å². The second-order valence-electron chi connectivity index (χ2n) is 8.23. The fourth-order valence-corrected chi connectivity index (χ4v) is 3.83. The fraction of sp³-hybridized carbons (Fsp3) is 0.280. The molecule has 0 aliphatic carbocycles. The van der Waals surface area contributed by atoms with Crippen molar-refractivity contribution in [2.24, 2.45) is 10.8 Å². The molecule has 1 aromatic heterocycles. The smallest absolute Gasteiger partial charge is 0.400 e. The van der Waals surface area contributed by atoms with Crippen LogP contribution in [0, 0.1) is 10.1 Å². The minimum absolute atomic E-state index is 0.144. The number of primary amides is 1. The van der Waals surface area contributed by atoms with Gasteiger partial charge in [0.15, 0.2) is 5.76 Å². The standard InChI is InChI=1S/C19H24N2.C6H6N4O4/c1-20(2)14-7-15-21-18-10-5-3-8-16(18)12-13-17-9-4-6-11-19(17)21;7-6(11)9-8-3-4-1-2-5(14-4)10(12)13/h3-6,8-11H,7,12-15H2,1-2H3;1-3H,(H3,7,9,11)/b;8-3+. The number of rotatable bonds is 7. The predicted molar refractivity (Wildman–Crippen MR) is 136 cm³/mol. The molecule has 10 nitrogen and oxygen atoms in total. The van der Waals surface area contributed by atoms with E-state index in [1.807, 2.05) is 5.43 Å². The molecule has 2 aromatic carbocycles. The Bertz CT molecular complexity index is 1130. The molecule has 0 saturated heterocycles. The lowest BCUT2D eigenvalue weighted by Gasteiger charge is -2.27. The van der Waals surface area contributed by atoms with Gasteiger partial charge in [0, 0.05) is 17.9 Å². The second kappa shape index (κ2) is 12.3. The van der Waals surface area contributed by atoms with Crippen LogP contribution in [0.1, 0.15) is 23.3 Å². The number of hydrogen-bond acceptors (Lipinski definition) is 7. The van der Waals surface area contributed by atoms with E-state index in [9.17, 15) is 14.9 Å². The molecule has 0 radical (unpaired) electrons. The third-order valence-electron chi connectivity index (χ3n) is 5.37. The maximum atomic E-state index is 10.2.